The Labute approximate surface area is 154 Å². The van der Waals surface area contributed by atoms with Gasteiger partial charge in [-0.15, -0.1) is 0 Å². The lowest BCUT2D eigenvalue weighted by Gasteiger charge is -2.18. The molecule has 1 unspecified atom stereocenters. The van der Waals surface area contributed by atoms with Crippen LogP contribution in [0.4, 0.5) is 0 Å². The summed E-state index contributed by atoms with van der Waals surface area (Å²) in [6.07, 6.45) is 3.90. The third-order valence-electron chi connectivity index (χ3n) is 3.28. The molecule has 0 saturated carbocycles. The number of nitrogens with one attached hydrogen (secondary N) is 3. The third kappa shape index (κ3) is 8.12. The van der Waals surface area contributed by atoms with Crippen LogP contribution in [0.3, 0.4) is 0 Å². The van der Waals surface area contributed by atoms with Crippen molar-refractivity contribution >= 4 is 34.7 Å². The van der Waals surface area contributed by atoms with Crippen molar-refractivity contribution < 1.29 is 24.3 Å². The Kier molecular flexibility index (Phi) is 9.37. The van der Waals surface area contributed by atoms with Crippen LogP contribution in [0.5, 0.6) is 0 Å². The maximum absolute atomic E-state index is 12.5. The van der Waals surface area contributed by atoms with Gasteiger partial charge in [0.05, 0.1) is 11.6 Å². The fourth-order valence-electron chi connectivity index (χ4n) is 1.95. The predicted octanol–water partition coefficient (Wildman–Crippen LogP) is -0.975. The Bertz CT molecular complexity index is 622. The molecule has 0 aromatic carbocycles. The van der Waals surface area contributed by atoms with Gasteiger partial charge in [-0.05, 0) is 19.9 Å². The molecule has 0 aliphatic heterocycles. The normalized spacial score (nSPS) is 12.8. The number of nitrogens with two attached hydrogens (primary N) is 1. The molecule has 1 aromatic heterocycles. The molecule has 144 valence electrons. The Morgan fingerprint density at radius 2 is 2.12 bits per heavy atom. The zero-order valence-electron chi connectivity index (χ0n) is 14.4. The quantitative estimate of drug-likeness (QED) is 0.324. The van der Waals surface area contributed by atoms with E-state index in [1.165, 1.54) is 13.3 Å². The van der Waals surface area contributed by atoms with E-state index in [0.717, 1.165) is 11.8 Å². The van der Waals surface area contributed by atoms with Crippen molar-refractivity contribution in [3.63, 3.8) is 0 Å². The number of H-pyrrole nitrogens is 1. The molecule has 0 aliphatic rings. The number of nitrogens with zero attached hydrogens (tertiary/aromatic N) is 1. The van der Waals surface area contributed by atoms with E-state index < -0.39 is 34.8 Å². The fraction of sp³-hybridized carbons (Fsp3) is 0.533. The number of carbonyl (C=O) groups is 4. The molecule has 0 aliphatic carbocycles. The van der Waals surface area contributed by atoms with Gasteiger partial charge in [-0.25, -0.2) is 4.98 Å². The van der Waals surface area contributed by atoms with Crippen LogP contribution < -0.4 is 16.4 Å². The SMILES string of the molecule is CC(SC(=O)[C@H](Cc1cnc[nH]1)NC(=O)CCCN)C(=O)NCC(=O)O. The molecule has 1 rings (SSSR count). The van der Waals surface area contributed by atoms with Gasteiger partial charge in [0.25, 0.3) is 0 Å². The van der Waals surface area contributed by atoms with Crippen LogP contribution in [-0.2, 0) is 25.6 Å². The molecule has 0 radical (unpaired) electrons. The van der Waals surface area contributed by atoms with E-state index in [1.807, 2.05) is 0 Å². The molecule has 1 heterocycles. The minimum Gasteiger partial charge on any atom is -0.480 e. The molecule has 11 heteroatoms. The summed E-state index contributed by atoms with van der Waals surface area (Å²) in [5.41, 5.74) is 6.03. The maximum atomic E-state index is 12.5. The molecule has 0 bridgehead atoms. The molecule has 26 heavy (non-hydrogen) atoms. The number of carbonyl (C=O) groups excluding carboxylic acids is 3. The minimum atomic E-state index is -1.17. The average molecular weight is 385 g/mol. The van der Waals surface area contributed by atoms with Crippen molar-refractivity contribution in [3.8, 4) is 0 Å². The second kappa shape index (κ2) is 11.3. The molecule has 0 fully saturated rings. The lowest BCUT2D eigenvalue weighted by atomic mass is 10.1. The van der Waals surface area contributed by atoms with Crippen molar-refractivity contribution in [2.24, 2.45) is 5.73 Å². The molecule has 6 N–H and O–H groups in total. The molecule has 2 amide bonds. The number of rotatable bonds is 11. The van der Waals surface area contributed by atoms with E-state index in [9.17, 15) is 19.2 Å². The molecular weight excluding hydrogens is 362 g/mol. The highest BCUT2D eigenvalue weighted by atomic mass is 32.2. The van der Waals surface area contributed by atoms with E-state index in [1.54, 1.807) is 6.20 Å². The first kappa shape index (κ1) is 21.6. The standard InChI is InChI=1S/C15H23N5O5S/c1-9(14(24)18-7-13(22)23)26-15(25)11(5-10-6-17-8-19-10)20-12(21)3-2-4-16/h6,8-9,11H,2-5,7,16H2,1H3,(H,17,19)(H,18,24)(H,20,21)(H,22,23)/t9?,11-/m0/s1. The predicted molar refractivity (Wildman–Crippen MR) is 95.2 cm³/mol. The number of aromatic nitrogens is 2. The van der Waals surface area contributed by atoms with Crippen molar-refractivity contribution in [1.82, 2.24) is 20.6 Å². The van der Waals surface area contributed by atoms with Crippen LogP contribution in [0.25, 0.3) is 0 Å². The number of carboxylic acids is 1. The molecule has 0 saturated heterocycles. The van der Waals surface area contributed by atoms with Gasteiger partial charge in [0, 0.05) is 24.7 Å². The Hall–Kier alpha value is -2.40. The van der Waals surface area contributed by atoms with Crippen LogP contribution >= 0.6 is 11.8 Å². The highest BCUT2D eigenvalue weighted by Gasteiger charge is 2.26. The summed E-state index contributed by atoms with van der Waals surface area (Å²) in [7, 11) is 0. The van der Waals surface area contributed by atoms with Crippen molar-refractivity contribution in [1.29, 1.82) is 0 Å². The van der Waals surface area contributed by atoms with Crippen molar-refractivity contribution in [2.75, 3.05) is 13.1 Å². The van der Waals surface area contributed by atoms with Crippen LogP contribution in [0, 0.1) is 0 Å². The van der Waals surface area contributed by atoms with Gasteiger partial charge in [0.15, 0.2) is 0 Å². The third-order valence-corrected chi connectivity index (χ3v) is 4.37. The topological polar surface area (TPSA) is 167 Å². The van der Waals surface area contributed by atoms with Crippen LogP contribution in [0.15, 0.2) is 12.5 Å². The van der Waals surface area contributed by atoms with Crippen LogP contribution in [0.1, 0.15) is 25.5 Å². The Balaban J connectivity index is 2.68. The molecule has 1 aromatic rings. The first-order valence-corrected chi connectivity index (χ1v) is 8.88. The summed E-state index contributed by atoms with van der Waals surface area (Å²) in [6, 6.07) is -0.847. The first-order chi connectivity index (χ1) is 12.3. The highest BCUT2D eigenvalue weighted by molar-refractivity contribution is 8.14. The zero-order chi connectivity index (χ0) is 19.5. The number of imidazole rings is 1. The largest absolute Gasteiger partial charge is 0.480 e. The van der Waals surface area contributed by atoms with E-state index in [2.05, 4.69) is 20.6 Å². The molecule has 10 nitrogen and oxygen atoms in total. The minimum absolute atomic E-state index is 0.197. The van der Waals surface area contributed by atoms with E-state index in [-0.39, 0.29) is 18.7 Å². The number of amides is 2. The maximum Gasteiger partial charge on any atom is 0.322 e. The molecule has 0 spiro atoms. The first-order valence-electron chi connectivity index (χ1n) is 8.00. The van der Waals surface area contributed by atoms with Gasteiger partial charge in [0.1, 0.15) is 12.6 Å². The van der Waals surface area contributed by atoms with E-state index in [0.29, 0.717) is 18.7 Å². The van der Waals surface area contributed by atoms with Crippen molar-refractivity contribution in [2.45, 2.75) is 37.5 Å². The average Bonchev–Trinajstić information content (AvgIpc) is 3.10. The summed E-state index contributed by atoms with van der Waals surface area (Å²) in [6.45, 7) is 1.33. The van der Waals surface area contributed by atoms with Gasteiger partial charge in [-0.3, -0.25) is 19.2 Å². The Morgan fingerprint density at radius 1 is 1.38 bits per heavy atom. The Morgan fingerprint density at radius 3 is 2.69 bits per heavy atom. The number of aromatic amines is 1. The van der Waals surface area contributed by atoms with Gasteiger partial charge < -0.3 is 26.5 Å². The lowest BCUT2D eigenvalue weighted by molar-refractivity contribution is -0.137. The summed E-state index contributed by atoms with van der Waals surface area (Å²) in [5, 5.41) is 12.2. The summed E-state index contributed by atoms with van der Waals surface area (Å²) < 4.78 is 0. The second-order valence-electron chi connectivity index (χ2n) is 5.48. The number of hydrogen-bond donors (Lipinski definition) is 5. The zero-order valence-corrected chi connectivity index (χ0v) is 15.2. The summed E-state index contributed by atoms with van der Waals surface area (Å²) >= 11 is 0.738. The van der Waals surface area contributed by atoms with Gasteiger partial charge in [-0.1, -0.05) is 11.8 Å². The van der Waals surface area contributed by atoms with Gasteiger partial charge >= 0.3 is 5.97 Å². The molecule has 2 atom stereocenters. The summed E-state index contributed by atoms with van der Waals surface area (Å²) in [5.74, 6) is -2.05. The van der Waals surface area contributed by atoms with Crippen molar-refractivity contribution in [3.05, 3.63) is 18.2 Å². The highest BCUT2D eigenvalue weighted by Crippen LogP contribution is 2.16. The monoisotopic (exact) mass is 385 g/mol. The number of hydrogen-bond acceptors (Lipinski definition) is 7. The van der Waals surface area contributed by atoms with Gasteiger partial charge in [0.2, 0.25) is 16.9 Å². The number of thioether (sulfide) groups is 1. The number of aliphatic carboxylic acids is 1. The van der Waals surface area contributed by atoms with Crippen LogP contribution in [0.2, 0.25) is 0 Å². The van der Waals surface area contributed by atoms with Gasteiger partial charge in [-0.2, -0.15) is 0 Å². The van der Waals surface area contributed by atoms with E-state index >= 15 is 0 Å². The molecular formula is C15H23N5O5S. The lowest BCUT2D eigenvalue weighted by Crippen LogP contribution is -2.43. The summed E-state index contributed by atoms with van der Waals surface area (Å²) in [4.78, 5) is 53.5. The van der Waals surface area contributed by atoms with E-state index in [4.69, 9.17) is 10.8 Å². The van der Waals surface area contributed by atoms with Crippen LogP contribution in [-0.4, -0.2) is 62.4 Å². The second-order valence-corrected chi connectivity index (χ2v) is 6.83. The fourth-order valence-corrected chi connectivity index (χ4v) is 2.80. The number of carboxylic acid groups (broad SMARTS) is 1. The smallest absolute Gasteiger partial charge is 0.322 e.